The zero-order valence-corrected chi connectivity index (χ0v) is 14.0. The molecule has 0 aromatic carbocycles. The SMILES string of the molecule is C=C(C)C(N)c1cnn2cc(CNC(=O)OC(C)(C)C)nc2c1. The predicted octanol–water partition coefficient (Wildman–Crippen LogP) is 2.33. The summed E-state index contributed by atoms with van der Waals surface area (Å²) in [6.45, 7) is 11.4. The Morgan fingerprint density at radius 2 is 2.22 bits per heavy atom. The molecule has 2 rings (SSSR count). The third-order valence-corrected chi connectivity index (χ3v) is 3.09. The summed E-state index contributed by atoms with van der Waals surface area (Å²) in [4.78, 5) is 16.1. The lowest BCUT2D eigenvalue weighted by Crippen LogP contribution is -2.32. The molecule has 0 saturated carbocycles. The normalized spacial score (nSPS) is 12.9. The maximum absolute atomic E-state index is 11.7. The third-order valence-electron chi connectivity index (χ3n) is 3.09. The maximum Gasteiger partial charge on any atom is 0.407 e. The van der Waals surface area contributed by atoms with Gasteiger partial charge >= 0.3 is 6.09 Å². The highest BCUT2D eigenvalue weighted by Crippen LogP contribution is 2.17. The fraction of sp³-hybridized carbons (Fsp3) is 0.438. The number of carbonyl (C=O) groups is 1. The van der Waals surface area contributed by atoms with E-state index in [9.17, 15) is 4.79 Å². The van der Waals surface area contributed by atoms with E-state index in [4.69, 9.17) is 10.5 Å². The van der Waals surface area contributed by atoms with Gasteiger partial charge in [0.25, 0.3) is 0 Å². The molecule has 0 fully saturated rings. The molecule has 2 aromatic rings. The Kier molecular flexibility index (Phi) is 4.70. The molecule has 0 aliphatic heterocycles. The van der Waals surface area contributed by atoms with E-state index in [1.807, 2.05) is 33.8 Å². The number of amides is 1. The average Bonchev–Trinajstić information content (AvgIpc) is 2.84. The van der Waals surface area contributed by atoms with Crippen LogP contribution in [0.4, 0.5) is 4.79 Å². The average molecular weight is 317 g/mol. The summed E-state index contributed by atoms with van der Waals surface area (Å²) in [6.07, 6.45) is 2.97. The maximum atomic E-state index is 11.7. The monoisotopic (exact) mass is 317 g/mol. The number of nitrogens with zero attached hydrogens (tertiary/aromatic N) is 3. The molecule has 0 aliphatic carbocycles. The summed E-state index contributed by atoms with van der Waals surface area (Å²) >= 11 is 0. The van der Waals surface area contributed by atoms with Gasteiger partial charge in [-0.25, -0.2) is 14.3 Å². The summed E-state index contributed by atoms with van der Waals surface area (Å²) in [5, 5.41) is 6.95. The van der Waals surface area contributed by atoms with Gasteiger partial charge in [-0.3, -0.25) is 0 Å². The summed E-state index contributed by atoms with van der Waals surface area (Å²) in [7, 11) is 0. The van der Waals surface area contributed by atoms with Gasteiger partial charge in [0, 0.05) is 0 Å². The van der Waals surface area contributed by atoms with Crippen LogP contribution in [0.15, 0.2) is 30.6 Å². The van der Waals surface area contributed by atoms with E-state index in [2.05, 4.69) is 22.0 Å². The van der Waals surface area contributed by atoms with Crippen LogP contribution in [0.25, 0.3) is 5.65 Å². The zero-order chi connectivity index (χ0) is 17.2. The first-order valence-corrected chi connectivity index (χ1v) is 7.38. The number of alkyl carbamates (subject to hydrolysis) is 1. The molecule has 0 spiro atoms. The molecule has 0 bridgehead atoms. The summed E-state index contributed by atoms with van der Waals surface area (Å²) in [5.41, 5.74) is 8.57. The third kappa shape index (κ3) is 4.53. The van der Waals surface area contributed by atoms with Crippen LogP contribution in [0.1, 0.15) is 45.0 Å². The van der Waals surface area contributed by atoms with Gasteiger partial charge in [0.05, 0.1) is 30.7 Å². The van der Waals surface area contributed by atoms with Crippen LogP contribution < -0.4 is 11.1 Å². The summed E-state index contributed by atoms with van der Waals surface area (Å²) < 4.78 is 6.82. The van der Waals surface area contributed by atoms with E-state index >= 15 is 0 Å². The molecule has 2 heterocycles. The fourth-order valence-corrected chi connectivity index (χ4v) is 1.96. The van der Waals surface area contributed by atoms with E-state index in [0.29, 0.717) is 11.3 Å². The van der Waals surface area contributed by atoms with Crippen molar-refractivity contribution in [1.29, 1.82) is 0 Å². The molecule has 7 heteroatoms. The van der Waals surface area contributed by atoms with E-state index in [1.165, 1.54) is 0 Å². The lowest BCUT2D eigenvalue weighted by Gasteiger charge is -2.19. The Bertz CT molecular complexity index is 730. The molecular formula is C16H23N5O2. The number of hydrogen-bond acceptors (Lipinski definition) is 5. The molecule has 1 atom stereocenters. The van der Waals surface area contributed by atoms with Gasteiger partial charge in [0.1, 0.15) is 5.60 Å². The van der Waals surface area contributed by atoms with Gasteiger partial charge in [-0.2, -0.15) is 5.10 Å². The van der Waals surface area contributed by atoms with Crippen molar-refractivity contribution in [2.24, 2.45) is 5.73 Å². The molecular weight excluding hydrogens is 294 g/mol. The molecule has 0 aliphatic rings. The van der Waals surface area contributed by atoms with Crippen molar-refractivity contribution in [3.05, 3.63) is 41.9 Å². The molecule has 0 radical (unpaired) electrons. The Morgan fingerprint density at radius 3 is 2.83 bits per heavy atom. The van der Waals surface area contributed by atoms with Crippen LogP contribution in [-0.4, -0.2) is 26.3 Å². The van der Waals surface area contributed by atoms with Gasteiger partial charge in [-0.15, -0.1) is 0 Å². The number of hydrogen-bond donors (Lipinski definition) is 2. The lowest BCUT2D eigenvalue weighted by molar-refractivity contribution is 0.0523. The predicted molar refractivity (Wildman–Crippen MR) is 87.8 cm³/mol. The number of nitrogens with two attached hydrogens (primary N) is 1. The van der Waals surface area contributed by atoms with Crippen molar-refractivity contribution in [1.82, 2.24) is 19.9 Å². The molecule has 2 aromatic heterocycles. The lowest BCUT2D eigenvalue weighted by atomic mass is 10.1. The molecule has 124 valence electrons. The van der Waals surface area contributed by atoms with Crippen molar-refractivity contribution in [2.75, 3.05) is 0 Å². The van der Waals surface area contributed by atoms with Crippen molar-refractivity contribution < 1.29 is 9.53 Å². The second kappa shape index (κ2) is 6.37. The Labute approximate surface area is 135 Å². The number of ether oxygens (including phenoxy) is 1. The number of carbonyl (C=O) groups excluding carboxylic acids is 1. The van der Waals surface area contributed by atoms with E-state index in [0.717, 1.165) is 11.1 Å². The second-order valence-corrected chi connectivity index (χ2v) is 6.50. The Balaban J connectivity index is 2.08. The minimum Gasteiger partial charge on any atom is -0.444 e. The highest BCUT2D eigenvalue weighted by Gasteiger charge is 2.16. The second-order valence-electron chi connectivity index (χ2n) is 6.50. The number of fused-ring (bicyclic) bond motifs is 1. The molecule has 0 saturated heterocycles. The molecule has 3 N–H and O–H groups in total. The minimum absolute atomic E-state index is 0.264. The highest BCUT2D eigenvalue weighted by atomic mass is 16.6. The first-order valence-electron chi connectivity index (χ1n) is 7.38. The smallest absolute Gasteiger partial charge is 0.407 e. The molecule has 1 unspecified atom stereocenters. The van der Waals surface area contributed by atoms with Crippen molar-refractivity contribution >= 4 is 11.7 Å². The van der Waals surface area contributed by atoms with Gasteiger partial charge < -0.3 is 15.8 Å². The van der Waals surface area contributed by atoms with E-state index in [1.54, 1.807) is 16.9 Å². The van der Waals surface area contributed by atoms with E-state index in [-0.39, 0.29) is 12.6 Å². The van der Waals surface area contributed by atoms with Crippen LogP contribution in [-0.2, 0) is 11.3 Å². The van der Waals surface area contributed by atoms with Crippen LogP contribution in [0.2, 0.25) is 0 Å². The van der Waals surface area contributed by atoms with Gasteiger partial charge in [0.2, 0.25) is 0 Å². The highest BCUT2D eigenvalue weighted by molar-refractivity contribution is 5.67. The Morgan fingerprint density at radius 1 is 1.52 bits per heavy atom. The van der Waals surface area contributed by atoms with Gasteiger partial charge in [-0.1, -0.05) is 12.2 Å². The number of rotatable bonds is 4. The molecule has 7 nitrogen and oxygen atoms in total. The topological polar surface area (TPSA) is 94.5 Å². The van der Waals surface area contributed by atoms with Crippen molar-refractivity contribution in [2.45, 2.75) is 45.9 Å². The molecule has 23 heavy (non-hydrogen) atoms. The van der Waals surface area contributed by atoms with Gasteiger partial charge in [-0.05, 0) is 39.3 Å². The molecule has 1 amide bonds. The van der Waals surface area contributed by atoms with Gasteiger partial charge in [0.15, 0.2) is 5.65 Å². The minimum atomic E-state index is -0.530. The van der Waals surface area contributed by atoms with Crippen LogP contribution in [0.5, 0.6) is 0 Å². The summed E-state index contributed by atoms with van der Waals surface area (Å²) in [5.74, 6) is 0. The van der Waals surface area contributed by atoms with Crippen LogP contribution in [0.3, 0.4) is 0 Å². The van der Waals surface area contributed by atoms with E-state index < -0.39 is 11.7 Å². The van der Waals surface area contributed by atoms with Crippen molar-refractivity contribution in [3.63, 3.8) is 0 Å². The first kappa shape index (κ1) is 17.0. The number of aromatic nitrogens is 3. The standard InChI is InChI=1S/C16H23N5O2/c1-10(2)14(17)11-6-13-20-12(9-21(13)19-7-11)8-18-15(22)23-16(3,4)5/h6-7,9,14H,1,8,17H2,2-5H3,(H,18,22). The Hall–Kier alpha value is -2.41. The summed E-state index contributed by atoms with van der Waals surface area (Å²) in [6, 6.07) is 1.59. The van der Waals surface area contributed by atoms with Crippen LogP contribution >= 0.6 is 0 Å². The largest absolute Gasteiger partial charge is 0.444 e. The van der Waals surface area contributed by atoms with Crippen molar-refractivity contribution in [3.8, 4) is 0 Å². The zero-order valence-electron chi connectivity index (χ0n) is 14.0. The van der Waals surface area contributed by atoms with Crippen LogP contribution in [0, 0.1) is 0 Å². The fourth-order valence-electron chi connectivity index (χ4n) is 1.96. The quantitative estimate of drug-likeness (QED) is 0.844. The number of nitrogens with one attached hydrogen (secondary N) is 1. The number of imidazole rings is 1. The first-order chi connectivity index (χ1) is 10.7.